The standard InChI is InChI=1S/C19H23N3O3S2/c1-14-6-5-7-15(2)19(14)21-17(23)13-26-18-9-8-16(12-20-18)27(24,25)22-10-3-4-11-22/h5-9,12H,3-4,10-11,13H2,1-2H3,(H,21,23). The van der Waals surface area contributed by atoms with Gasteiger partial charge in [-0.3, -0.25) is 4.79 Å². The molecule has 0 saturated carbocycles. The molecule has 0 atom stereocenters. The Morgan fingerprint density at radius 2 is 1.81 bits per heavy atom. The number of aromatic nitrogens is 1. The van der Waals surface area contributed by atoms with Crippen molar-refractivity contribution in [3.63, 3.8) is 0 Å². The number of amides is 1. The van der Waals surface area contributed by atoms with Gasteiger partial charge in [0.05, 0.1) is 10.8 Å². The highest BCUT2D eigenvalue weighted by Gasteiger charge is 2.27. The molecule has 1 fully saturated rings. The Morgan fingerprint density at radius 1 is 1.15 bits per heavy atom. The van der Waals surface area contributed by atoms with Crippen LogP contribution in [0.5, 0.6) is 0 Å². The summed E-state index contributed by atoms with van der Waals surface area (Å²) in [5, 5.41) is 3.55. The number of nitrogens with zero attached hydrogens (tertiary/aromatic N) is 2. The van der Waals surface area contributed by atoms with Crippen molar-refractivity contribution in [3.05, 3.63) is 47.7 Å². The van der Waals surface area contributed by atoms with Crippen molar-refractivity contribution in [1.82, 2.24) is 9.29 Å². The second kappa shape index (κ2) is 8.41. The number of thioether (sulfide) groups is 1. The van der Waals surface area contributed by atoms with Crippen molar-refractivity contribution in [2.45, 2.75) is 36.6 Å². The Hall–Kier alpha value is -1.90. The monoisotopic (exact) mass is 405 g/mol. The maximum absolute atomic E-state index is 12.5. The van der Waals surface area contributed by atoms with Crippen LogP contribution in [0.1, 0.15) is 24.0 Å². The van der Waals surface area contributed by atoms with Crippen molar-refractivity contribution in [2.24, 2.45) is 0 Å². The molecule has 0 aliphatic carbocycles. The molecular weight excluding hydrogens is 382 g/mol. The lowest BCUT2D eigenvalue weighted by atomic mass is 10.1. The van der Waals surface area contributed by atoms with Crippen LogP contribution in [-0.4, -0.2) is 42.5 Å². The largest absolute Gasteiger partial charge is 0.325 e. The average Bonchev–Trinajstić information content (AvgIpc) is 3.19. The third-order valence-electron chi connectivity index (χ3n) is 4.51. The minimum Gasteiger partial charge on any atom is -0.325 e. The van der Waals surface area contributed by atoms with Gasteiger partial charge in [0.25, 0.3) is 0 Å². The van der Waals surface area contributed by atoms with E-state index in [0.29, 0.717) is 18.1 Å². The summed E-state index contributed by atoms with van der Waals surface area (Å²) in [7, 11) is -3.45. The summed E-state index contributed by atoms with van der Waals surface area (Å²) in [5.74, 6) is 0.0897. The zero-order valence-electron chi connectivity index (χ0n) is 15.4. The van der Waals surface area contributed by atoms with E-state index >= 15 is 0 Å². The van der Waals surface area contributed by atoms with Gasteiger partial charge >= 0.3 is 0 Å². The molecule has 1 aromatic carbocycles. The highest BCUT2D eigenvalue weighted by atomic mass is 32.2. The molecule has 6 nitrogen and oxygen atoms in total. The number of anilines is 1. The molecule has 1 amide bonds. The first kappa shape index (κ1) is 19.9. The smallest absolute Gasteiger partial charge is 0.244 e. The van der Waals surface area contributed by atoms with Gasteiger partial charge in [-0.1, -0.05) is 30.0 Å². The van der Waals surface area contributed by atoms with Crippen LogP contribution in [0.4, 0.5) is 5.69 Å². The van der Waals surface area contributed by atoms with Crippen LogP contribution in [0.15, 0.2) is 46.5 Å². The van der Waals surface area contributed by atoms with E-state index in [9.17, 15) is 13.2 Å². The number of carbonyl (C=O) groups excluding carboxylic acids is 1. The number of pyridine rings is 1. The normalized spacial score (nSPS) is 15.0. The number of para-hydroxylation sites is 1. The molecule has 1 aromatic heterocycles. The third kappa shape index (κ3) is 4.69. The molecule has 0 spiro atoms. The van der Waals surface area contributed by atoms with Gasteiger partial charge in [0.1, 0.15) is 4.90 Å². The second-order valence-corrected chi connectivity index (χ2v) is 9.48. The van der Waals surface area contributed by atoms with Crippen molar-refractivity contribution in [3.8, 4) is 0 Å². The van der Waals surface area contributed by atoms with Crippen LogP contribution < -0.4 is 5.32 Å². The topological polar surface area (TPSA) is 79.4 Å². The fraction of sp³-hybridized carbons (Fsp3) is 0.368. The van der Waals surface area contributed by atoms with Crippen LogP contribution in [0.3, 0.4) is 0 Å². The maximum Gasteiger partial charge on any atom is 0.244 e. The fourth-order valence-electron chi connectivity index (χ4n) is 3.01. The van der Waals surface area contributed by atoms with E-state index in [2.05, 4.69) is 10.3 Å². The summed E-state index contributed by atoms with van der Waals surface area (Å²) in [4.78, 5) is 16.6. The number of nitrogens with one attached hydrogen (secondary N) is 1. The predicted molar refractivity (Wildman–Crippen MR) is 107 cm³/mol. The summed E-state index contributed by atoms with van der Waals surface area (Å²) in [6.45, 7) is 5.04. The Kier molecular flexibility index (Phi) is 6.18. The third-order valence-corrected chi connectivity index (χ3v) is 7.33. The van der Waals surface area contributed by atoms with Crippen LogP contribution in [-0.2, 0) is 14.8 Å². The highest BCUT2D eigenvalue weighted by Crippen LogP contribution is 2.23. The highest BCUT2D eigenvalue weighted by molar-refractivity contribution is 7.99. The Morgan fingerprint density at radius 3 is 2.41 bits per heavy atom. The number of hydrogen-bond donors (Lipinski definition) is 1. The first-order valence-electron chi connectivity index (χ1n) is 8.83. The quantitative estimate of drug-likeness (QED) is 0.747. The predicted octanol–water partition coefficient (Wildman–Crippen LogP) is 3.21. The van der Waals surface area contributed by atoms with E-state index in [1.807, 2.05) is 32.0 Å². The molecule has 0 unspecified atom stereocenters. The van der Waals surface area contributed by atoms with E-state index in [1.54, 1.807) is 12.1 Å². The van der Waals surface area contributed by atoms with Crippen molar-refractivity contribution in [2.75, 3.05) is 24.2 Å². The van der Waals surface area contributed by atoms with E-state index in [0.717, 1.165) is 29.7 Å². The van der Waals surface area contributed by atoms with Gasteiger partial charge in [-0.2, -0.15) is 4.31 Å². The zero-order valence-corrected chi connectivity index (χ0v) is 17.1. The molecule has 1 N–H and O–H groups in total. The Labute approximate surface area is 164 Å². The number of carbonyl (C=O) groups is 1. The Balaban J connectivity index is 1.59. The summed E-state index contributed by atoms with van der Waals surface area (Å²) < 4.78 is 26.5. The number of sulfonamides is 1. The number of benzene rings is 1. The van der Waals surface area contributed by atoms with E-state index in [4.69, 9.17) is 0 Å². The minimum absolute atomic E-state index is 0.118. The van der Waals surface area contributed by atoms with Crippen LogP contribution in [0.25, 0.3) is 0 Å². The minimum atomic E-state index is -3.45. The van der Waals surface area contributed by atoms with Crippen LogP contribution in [0.2, 0.25) is 0 Å². The van der Waals surface area contributed by atoms with Gasteiger partial charge in [0.2, 0.25) is 15.9 Å². The first-order chi connectivity index (χ1) is 12.9. The molecule has 1 saturated heterocycles. The van der Waals surface area contributed by atoms with Crippen molar-refractivity contribution in [1.29, 1.82) is 0 Å². The lowest BCUT2D eigenvalue weighted by Gasteiger charge is -2.15. The summed E-state index contributed by atoms with van der Waals surface area (Å²) >= 11 is 1.28. The summed E-state index contributed by atoms with van der Waals surface area (Å²) in [5.41, 5.74) is 2.87. The molecule has 144 valence electrons. The SMILES string of the molecule is Cc1cccc(C)c1NC(=O)CSc1ccc(S(=O)(=O)N2CCCC2)cn1. The molecule has 2 aromatic rings. The lowest BCUT2D eigenvalue weighted by Crippen LogP contribution is -2.27. The molecule has 0 bridgehead atoms. The number of hydrogen-bond acceptors (Lipinski definition) is 5. The fourth-order valence-corrected chi connectivity index (χ4v) is 5.11. The van der Waals surface area contributed by atoms with Crippen molar-refractivity contribution >= 4 is 33.4 Å². The molecule has 8 heteroatoms. The van der Waals surface area contributed by atoms with Gasteiger partial charge in [-0.15, -0.1) is 0 Å². The molecule has 2 heterocycles. The maximum atomic E-state index is 12.5. The van der Waals surface area contributed by atoms with Crippen molar-refractivity contribution < 1.29 is 13.2 Å². The number of rotatable bonds is 6. The van der Waals surface area contributed by atoms with Crippen LogP contribution >= 0.6 is 11.8 Å². The lowest BCUT2D eigenvalue weighted by molar-refractivity contribution is -0.113. The second-order valence-electron chi connectivity index (χ2n) is 6.55. The summed E-state index contributed by atoms with van der Waals surface area (Å²) in [6, 6.07) is 9.08. The summed E-state index contributed by atoms with van der Waals surface area (Å²) in [6.07, 6.45) is 3.17. The molecule has 0 radical (unpaired) electrons. The van der Waals surface area contributed by atoms with Gasteiger partial charge in [-0.05, 0) is 49.9 Å². The van der Waals surface area contributed by atoms with E-state index < -0.39 is 10.0 Å². The van der Waals surface area contributed by atoms with E-state index in [1.165, 1.54) is 22.3 Å². The van der Waals surface area contributed by atoms with Gasteiger partial charge < -0.3 is 5.32 Å². The molecule has 3 rings (SSSR count). The average molecular weight is 406 g/mol. The molecular formula is C19H23N3O3S2. The van der Waals surface area contributed by atoms with Gasteiger partial charge in [0, 0.05) is 25.0 Å². The number of aryl methyl sites for hydroxylation is 2. The zero-order chi connectivity index (χ0) is 19.4. The van der Waals surface area contributed by atoms with Gasteiger partial charge in [0.15, 0.2) is 0 Å². The van der Waals surface area contributed by atoms with Crippen LogP contribution in [0, 0.1) is 13.8 Å². The first-order valence-corrected chi connectivity index (χ1v) is 11.3. The van der Waals surface area contributed by atoms with E-state index in [-0.39, 0.29) is 16.6 Å². The van der Waals surface area contributed by atoms with Gasteiger partial charge in [-0.25, -0.2) is 13.4 Å². The molecule has 1 aliphatic rings. The Bertz CT molecular complexity index is 901. The molecule has 27 heavy (non-hydrogen) atoms. The molecule has 1 aliphatic heterocycles.